The molecule has 112 valence electrons. The molecule has 1 aliphatic rings. The zero-order chi connectivity index (χ0) is 14.4. The predicted octanol–water partition coefficient (Wildman–Crippen LogP) is 3.55. The minimum absolute atomic E-state index is 0.207. The molecule has 0 saturated carbocycles. The number of hydrogen-bond donors (Lipinski definition) is 1. The molecule has 0 bridgehead atoms. The van der Waals surface area contributed by atoms with Crippen LogP contribution in [-0.2, 0) is 4.74 Å². The van der Waals surface area contributed by atoms with Crippen molar-refractivity contribution in [2.24, 2.45) is 5.92 Å². The van der Waals surface area contributed by atoms with Gasteiger partial charge in [0.05, 0.1) is 6.10 Å². The number of rotatable bonds is 6. The van der Waals surface area contributed by atoms with Crippen molar-refractivity contribution in [3.05, 3.63) is 29.8 Å². The number of hydrogen-bond acceptors (Lipinski definition) is 3. The van der Waals surface area contributed by atoms with Gasteiger partial charge in [-0.3, -0.25) is 0 Å². The van der Waals surface area contributed by atoms with E-state index in [9.17, 15) is 0 Å². The Labute approximate surface area is 122 Å². The van der Waals surface area contributed by atoms with Gasteiger partial charge in [-0.2, -0.15) is 0 Å². The number of nitrogens with one attached hydrogen (secondary N) is 1. The topological polar surface area (TPSA) is 30.5 Å². The summed E-state index contributed by atoms with van der Waals surface area (Å²) < 4.78 is 11.3. The highest BCUT2D eigenvalue weighted by atomic mass is 16.5. The molecule has 3 nitrogen and oxygen atoms in total. The Balaban J connectivity index is 1.92. The van der Waals surface area contributed by atoms with E-state index in [-0.39, 0.29) is 6.10 Å². The zero-order valence-electron chi connectivity index (χ0n) is 12.9. The van der Waals surface area contributed by atoms with Gasteiger partial charge in [0, 0.05) is 24.8 Å². The number of para-hydroxylation sites is 1. The second kappa shape index (κ2) is 7.65. The van der Waals surface area contributed by atoms with Crippen molar-refractivity contribution >= 4 is 0 Å². The molecule has 0 radical (unpaired) electrons. The average Bonchev–Trinajstić information content (AvgIpc) is 2.46. The van der Waals surface area contributed by atoms with Crippen LogP contribution in [0, 0.1) is 5.92 Å². The molecule has 0 aliphatic carbocycles. The van der Waals surface area contributed by atoms with E-state index in [0.29, 0.717) is 6.04 Å². The van der Waals surface area contributed by atoms with Gasteiger partial charge < -0.3 is 14.8 Å². The summed E-state index contributed by atoms with van der Waals surface area (Å²) in [5, 5.41) is 3.65. The highest BCUT2D eigenvalue weighted by Crippen LogP contribution is 2.26. The average molecular weight is 277 g/mol. The van der Waals surface area contributed by atoms with Crippen LogP contribution < -0.4 is 10.1 Å². The largest absolute Gasteiger partial charge is 0.491 e. The molecule has 1 aromatic carbocycles. The van der Waals surface area contributed by atoms with Gasteiger partial charge in [0.15, 0.2) is 0 Å². The summed E-state index contributed by atoms with van der Waals surface area (Å²) >= 11 is 0. The summed E-state index contributed by atoms with van der Waals surface area (Å²) in [4.78, 5) is 0. The van der Waals surface area contributed by atoms with Crippen molar-refractivity contribution in [2.45, 2.75) is 45.8 Å². The van der Waals surface area contributed by atoms with Crippen LogP contribution >= 0.6 is 0 Å². The molecule has 1 fully saturated rings. The summed E-state index contributed by atoms with van der Waals surface area (Å²) in [7, 11) is 0. The van der Waals surface area contributed by atoms with Crippen molar-refractivity contribution in [2.75, 3.05) is 19.8 Å². The lowest BCUT2D eigenvalue weighted by molar-refractivity contribution is 0.0655. The maximum atomic E-state index is 5.90. The molecule has 1 heterocycles. The van der Waals surface area contributed by atoms with Crippen LogP contribution in [0.2, 0.25) is 0 Å². The molecular formula is C17H27NO2. The van der Waals surface area contributed by atoms with Crippen molar-refractivity contribution in [1.82, 2.24) is 5.32 Å². The molecule has 1 atom stereocenters. The molecule has 1 saturated heterocycles. The van der Waals surface area contributed by atoms with E-state index < -0.39 is 0 Å². The first kappa shape index (κ1) is 15.3. The molecule has 0 spiro atoms. The summed E-state index contributed by atoms with van der Waals surface area (Å²) in [6.45, 7) is 9.22. The van der Waals surface area contributed by atoms with E-state index in [0.717, 1.165) is 31.4 Å². The second-order valence-corrected chi connectivity index (χ2v) is 5.89. The van der Waals surface area contributed by atoms with Gasteiger partial charge in [-0.1, -0.05) is 18.2 Å². The van der Waals surface area contributed by atoms with Gasteiger partial charge in [-0.25, -0.2) is 0 Å². The van der Waals surface area contributed by atoms with E-state index in [1.165, 1.54) is 18.4 Å². The molecule has 1 aliphatic heterocycles. The van der Waals surface area contributed by atoms with Crippen LogP contribution in [0.15, 0.2) is 24.3 Å². The molecule has 1 unspecified atom stereocenters. The Morgan fingerprint density at radius 2 is 1.90 bits per heavy atom. The smallest absolute Gasteiger partial charge is 0.124 e. The van der Waals surface area contributed by atoms with Gasteiger partial charge in [0.1, 0.15) is 5.75 Å². The molecule has 3 heteroatoms. The number of benzene rings is 1. The fraction of sp³-hybridized carbons (Fsp3) is 0.647. The van der Waals surface area contributed by atoms with Gasteiger partial charge in [-0.15, -0.1) is 0 Å². The molecule has 20 heavy (non-hydrogen) atoms. The lowest BCUT2D eigenvalue weighted by Gasteiger charge is -2.25. The Morgan fingerprint density at radius 3 is 2.60 bits per heavy atom. The van der Waals surface area contributed by atoms with Crippen LogP contribution in [0.25, 0.3) is 0 Å². The molecule has 0 amide bonds. The maximum Gasteiger partial charge on any atom is 0.124 e. The number of ether oxygens (including phenoxy) is 2. The summed E-state index contributed by atoms with van der Waals surface area (Å²) in [6, 6.07) is 8.64. The third kappa shape index (κ3) is 4.50. The van der Waals surface area contributed by atoms with Crippen LogP contribution in [0.1, 0.15) is 45.2 Å². The summed E-state index contributed by atoms with van der Waals surface area (Å²) in [5.41, 5.74) is 1.24. The van der Waals surface area contributed by atoms with Crippen LogP contribution in [0.5, 0.6) is 5.75 Å². The lowest BCUT2D eigenvalue weighted by atomic mass is 9.99. The van der Waals surface area contributed by atoms with E-state index >= 15 is 0 Å². The van der Waals surface area contributed by atoms with Crippen molar-refractivity contribution in [3.8, 4) is 5.75 Å². The fourth-order valence-corrected chi connectivity index (χ4v) is 2.60. The van der Waals surface area contributed by atoms with Crippen LogP contribution in [-0.4, -0.2) is 25.9 Å². The van der Waals surface area contributed by atoms with E-state index in [2.05, 4.69) is 44.3 Å². The minimum Gasteiger partial charge on any atom is -0.491 e. The zero-order valence-corrected chi connectivity index (χ0v) is 12.9. The van der Waals surface area contributed by atoms with Crippen LogP contribution in [0.4, 0.5) is 0 Å². The molecule has 1 aromatic rings. The normalized spacial score (nSPS) is 18.2. The summed E-state index contributed by atoms with van der Waals surface area (Å²) in [6.07, 6.45) is 2.55. The van der Waals surface area contributed by atoms with Gasteiger partial charge >= 0.3 is 0 Å². The predicted molar refractivity (Wildman–Crippen MR) is 82.2 cm³/mol. The minimum atomic E-state index is 0.207. The van der Waals surface area contributed by atoms with E-state index in [1.807, 2.05) is 6.07 Å². The third-order valence-corrected chi connectivity index (χ3v) is 3.80. The molecule has 2 rings (SSSR count). The van der Waals surface area contributed by atoms with E-state index in [4.69, 9.17) is 9.47 Å². The first-order valence-electron chi connectivity index (χ1n) is 7.73. The SMILES string of the molecule is CC(C)Oc1ccccc1C(C)NCC1CCOCC1. The van der Waals surface area contributed by atoms with Crippen molar-refractivity contribution < 1.29 is 9.47 Å². The Kier molecular flexibility index (Phi) is 5.86. The molecular weight excluding hydrogens is 250 g/mol. The quantitative estimate of drug-likeness (QED) is 0.862. The van der Waals surface area contributed by atoms with Gasteiger partial charge in [-0.05, 0) is 52.1 Å². The van der Waals surface area contributed by atoms with Gasteiger partial charge in [0.25, 0.3) is 0 Å². The van der Waals surface area contributed by atoms with Crippen molar-refractivity contribution in [3.63, 3.8) is 0 Å². The highest BCUT2D eigenvalue weighted by Gasteiger charge is 2.16. The van der Waals surface area contributed by atoms with Crippen molar-refractivity contribution in [1.29, 1.82) is 0 Å². The Morgan fingerprint density at radius 1 is 1.20 bits per heavy atom. The molecule has 0 aromatic heterocycles. The third-order valence-electron chi connectivity index (χ3n) is 3.80. The second-order valence-electron chi connectivity index (χ2n) is 5.89. The highest BCUT2D eigenvalue weighted by molar-refractivity contribution is 5.35. The van der Waals surface area contributed by atoms with Gasteiger partial charge in [0.2, 0.25) is 0 Å². The first-order valence-corrected chi connectivity index (χ1v) is 7.73. The molecule has 1 N–H and O–H groups in total. The monoisotopic (exact) mass is 277 g/mol. The maximum absolute atomic E-state index is 5.90. The van der Waals surface area contributed by atoms with Crippen LogP contribution in [0.3, 0.4) is 0 Å². The fourth-order valence-electron chi connectivity index (χ4n) is 2.60. The Bertz CT molecular complexity index is 400. The first-order chi connectivity index (χ1) is 9.66. The summed E-state index contributed by atoms with van der Waals surface area (Å²) in [5.74, 6) is 1.74. The standard InChI is InChI=1S/C17H27NO2/c1-13(2)20-17-7-5-4-6-16(17)14(3)18-12-15-8-10-19-11-9-15/h4-7,13-15,18H,8-12H2,1-3H3. The van der Waals surface area contributed by atoms with E-state index in [1.54, 1.807) is 0 Å². The lowest BCUT2D eigenvalue weighted by Crippen LogP contribution is -2.29. The Hall–Kier alpha value is -1.06.